The van der Waals surface area contributed by atoms with Crippen LogP contribution in [0.2, 0.25) is 0 Å². The van der Waals surface area contributed by atoms with E-state index in [0.29, 0.717) is 31.1 Å². The van der Waals surface area contributed by atoms with Gasteiger partial charge in [0.25, 0.3) is 5.56 Å². The summed E-state index contributed by atoms with van der Waals surface area (Å²) >= 11 is 0. The number of fused-ring (bicyclic) bond motifs is 1. The molecule has 0 amide bonds. The number of nitrogens with zero attached hydrogens (tertiary/aromatic N) is 2. The predicted molar refractivity (Wildman–Crippen MR) is 76.1 cm³/mol. The van der Waals surface area contributed by atoms with E-state index >= 15 is 0 Å². The van der Waals surface area contributed by atoms with Gasteiger partial charge in [0.1, 0.15) is 0 Å². The number of imidazole rings is 1. The number of rotatable bonds is 7. The third-order valence-corrected chi connectivity index (χ3v) is 3.00. The molecule has 4 N–H and O–H groups in total. The Morgan fingerprint density at radius 1 is 1.30 bits per heavy atom. The summed E-state index contributed by atoms with van der Waals surface area (Å²) in [7, 11) is 0. The molecule has 8 heteroatoms. The minimum Gasteiger partial charge on any atom is -0.396 e. The lowest BCUT2D eigenvalue weighted by atomic mass is 10.3. The van der Waals surface area contributed by atoms with Gasteiger partial charge >= 0.3 is 5.69 Å². The largest absolute Gasteiger partial charge is 0.396 e. The van der Waals surface area contributed by atoms with Crippen molar-refractivity contribution < 1.29 is 5.11 Å². The smallest absolute Gasteiger partial charge is 0.330 e. The lowest BCUT2D eigenvalue weighted by molar-refractivity contribution is 0.292. The Kier molecular flexibility index (Phi) is 4.57. The molecule has 0 unspecified atom stereocenters. The van der Waals surface area contributed by atoms with Crippen molar-refractivity contribution in [1.82, 2.24) is 19.5 Å². The standard InChI is InChI=1S/C12H19N5O3/c1-2-3-6-17-9-8(10(19)16-12(17)20)14-11(15-9)13-5-4-7-18/h18H,2-7H2,1H3,(H2,13,14,15)(H,16,19,20). The van der Waals surface area contributed by atoms with Crippen LogP contribution in [0.4, 0.5) is 5.95 Å². The Balaban J connectivity index is 2.40. The number of aromatic amines is 2. The second-order valence-electron chi connectivity index (χ2n) is 4.55. The molecule has 2 rings (SSSR count). The molecule has 0 saturated carbocycles. The highest BCUT2D eigenvalue weighted by Crippen LogP contribution is 2.09. The number of aliphatic hydroxyl groups excluding tert-OH is 1. The first-order chi connectivity index (χ1) is 9.67. The first-order valence-corrected chi connectivity index (χ1v) is 6.75. The van der Waals surface area contributed by atoms with E-state index in [1.54, 1.807) is 0 Å². The minimum atomic E-state index is -0.472. The Morgan fingerprint density at radius 3 is 2.80 bits per heavy atom. The summed E-state index contributed by atoms with van der Waals surface area (Å²) in [6.45, 7) is 3.16. The molecule has 0 aliphatic carbocycles. The number of aryl methyl sites for hydroxylation is 1. The highest BCUT2D eigenvalue weighted by atomic mass is 16.3. The van der Waals surface area contributed by atoms with E-state index in [4.69, 9.17) is 5.11 Å². The fraction of sp³-hybridized carbons (Fsp3) is 0.583. The van der Waals surface area contributed by atoms with Crippen LogP contribution >= 0.6 is 0 Å². The van der Waals surface area contributed by atoms with Crippen molar-refractivity contribution in [1.29, 1.82) is 0 Å². The summed E-state index contributed by atoms with van der Waals surface area (Å²) in [6.07, 6.45) is 2.36. The summed E-state index contributed by atoms with van der Waals surface area (Å²) < 4.78 is 1.47. The van der Waals surface area contributed by atoms with Crippen LogP contribution in [0.1, 0.15) is 26.2 Å². The summed E-state index contributed by atoms with van der Waals surface area (Å²) in [6, 6.07) is 0. The summed E-state index contributed by atoms with van der Waals surface area (Å²) in [4.78, 5) is 33.0. The van der Waals surface area contributed by atoms with Crippen LogP contribution in [0, 0.1) is 0 Å². The fourth-order valence-corrected chi connectivity index (χ4v) is 1.93. The third-order valence-electron chi connectivity index (χ3n) is 3.00. The zero-order valence-corrected chi connectivity index (χ0v) is 11.4. The molecule has 0 atom stereocenters. The normalized spacial score (nSPS) is 11.1. The van der Waals surface area contributed by atoms with Gasteiger partial charge in [-0.25, -0.2) is 4.79 Å². The van der Waals surface area contributed by atoms with Crippen LogP contribution in [0.25, 0.3) is 11.2 Å². The zero-order valence-electron chi connectivity index (χ0n) is 11.4. The molecular formula is C12H19N5O3. The second kappa shape index (κ2) is 6.38. The highest BCUT2D eigenvalue weighted by Gasteiger charge is 2.12. The molecule has 8 nitrogen and oxygen atoms in total. The molecular weight excluding hydrogens is 262 g/mol. The van der Waals surface area contributed by atoms with Crippen LogP contribution in [0.3, 0.4) is 0 Å². The van der Waals surface area contributed by atoms with Gasteiger partial charge in [-0.3, -0.25) is 14.3 Å². The van der Waals surface area contributed by atoms with Crippen molar-refractivity contribution in [3.05, 3.63) is 20.8 Å². The Hall–Kier alpha value is -2.09. The van der Waals surface area contributed by atoms with Crippen molar-refractivity contribution in [2.75, 3.05) is 18.5 Å². The van der Waals surface area contributed by atoms with Crippen LogP contribution < -0.4 is 16.6 Å². The maximum absolute atomic E-state index is 11.8. The van der Waals surface area contributed by atoms with E-state index < -0.39 is 11.2 Å². The van der Waals surface area contributed by atoms with E-state index in [-0.39, 0.29) is 12.1 Å². The van der Waals surface area contributed by atoms with Gasteiger partial charge in [0.05, 0.1) is 0 Å². The Bertz CT molecular complexity index is 684. The molecule has 0 saturated heterocycles. The molecule has 110 valence electrons. The van der Waals surface area contributed by atoms with Gasteiger partial charge in [0.15, 0.2) is 11.2 Å². The molecule has 0 fully saturated rings. The fourth-order valence-electron chi connectivity index (χ4n) is 1.93. The number of hydrogen-bond acceptors (Lipinski definition) is 5. The average Bonchev–Trinajstić information content (AvgIpc) is 2.83. The summed E-state index contributed by atoms with van der Waals surface area (Å²) in [5, 5.41) is 11.7. The van der Waals surface area contributed by atoms with Crippen molar-refractivity contribution >= 4 is 17.1 Å². The first-order valence-electron chi connectivity index (χ1n) is 6.75. The number of hydrogen-bond donors (Lipinski definition) is 4. The zero-order chi connectivity index (χ0) is 14.5. The van der Waals surface area contributed by atoms with Gasteiger partial charge in [-0.15, -0.1) is 0 Å². The van der Waals surface area contributed by atoms with Gasteiger partial charge in [-0.2, -0.15) is 4.98 Å². The minimum absolute atomic E-state index is 0.0784. The van der Waals surface area contributed by atoms with Crippen molar-refractivity contribution in [3.8, 4) is 0 Å². The van der Waals surface area contributed by atoms with Crippen molar-refractivity contribution in [2.45, 2.75) is 32.7 Å². The Labute approximate surface area is 114 Å². The molecule has 0 spiro atoms. The molecule has 2 aromatic rings. The van der Waals surface area contributed by atoms with Crippen LogP contribution in [0.15, 0.2) is 9.59 Å². The molecule has 20 heavy (non-hydrogen) atoms. The number of nitrogens with one attached hydrogen (secondary N) is 3. The van der Waals surface area contributed by atoms with Crippen LogP contribution in [-0.2, 0) is 6.54 Å². The maximum Gasteiger partial charge on any atom is 0.330 e. The topological polar surface area (TPSA) is 116 Å². The van der Waals surface area contributed by atoms with Crippen molar-refractivity contribution in [3.63, 3.8) is 0 Å². The molecule has 0 aromatic carbocycles. The third kappa shape index (κ3) is 2.90. The maximum atomic E-state index is 11.8. The monoisotopic (exact) mass is 281 g/mol. The van der Waals surface area contributed by atoms with E-state index in [9.17, 15) is 9.59 Å². The molecule has 0 aliphatic heterocycles. The molecule has 2 heterocycles. The van der Waals surface area contributed by atoms with E-state index in [1.807, 2.05) is 6.92 Å². The highest BCUT2D eigenvalue weighted by molar-refractivity contribution is 5.72. The number of anilines is 1. The molecule has 2 aromatic heterocycles. The van der Waals surface area contributed by atoms with Crippen LogP contribution in [-0.4, -0.2) is 37.8 Å². The van der Waals surface area contributed by atoms with Gasteiger partial charge < -0.3 is 15.4 Å². The number of aliphatic hydroxyl groups is 1. The lowest BCUT2D eigenvalue weighted by Crippen LogP contribution is -2.30. The van der Waals surface area contributed by atoms with Crippen molar-refractivity contribution in [2.24, 2.45) is 0 Å². The number of aromatic nitrogens is 4. The van der Waals surface area contributed by atoms with E-state index in [0.717, 1.165) is 12.8 Å². The van der Waals surface area contributed by atoms with Gasteiger partial charge in [0, 0.05) is 19.7 Å². The van der Waals surface area contributed by atoms with Crippen LogP contribution in [0.5, 0.6) is 0 Å². The lowest BCUT2D eigenvalue weighted by Gasteiger charge is -2.03. The number of H-pyrrole nitrogens is 2. The summed E-state index contributed by atoms with van der Waals surface area (Å²) in [5.74, 6) is 0.426. The summed E-state index contributed by atoms with van der Waals surface area (Å²) in [5.41, 5.74) is -0.268. The predicted octanol–water partition coefficient (Wildman–Crippen LogP) is 0.00730. The van der Waals surface area contributed by atoms with Gasteiger partial charge in [-0.1, -0.05) is 13.3 Å². The number of unbranched alkanes of at least 4 members (excludes halogenated alkanes) is 1. The molecule has 0 radical (unpaired) electrons. The molecule has 0 bridgehead atoms. The SMILES string of the molecule is CCCCn1c(=O)[nH]c(=O)c2[nH]c(NCCCO)nc21. The van der Waals surface area contributed by atoms with Gasteiger partial charge in [0.2, 0.25) is 5.95 Å². The first kappa shape index (κ1) is 14.3. The Morgan fingerprint density at radius 2 is 2.10 bits per heavy atom. The quantitative estimate of drug-likeness (QED) is 0.533. The van der Waals surface area contributed by atoms with Gasteiger partial charge in [-0.05, 0) is 12.8 Å². The average molecular weight is 281 g/mol. The second-order valence-corrected chi connectivity index (χ2v) is 4.55. The van der Waals surface area contributed by atoms with E-state index in [1.165, 1.54) is 4.57 Å². The van der Waals surface area contributed by atoms with E-state index in [2.05, 4.69) is 20.3 Å². The molecule has 0 aliphatic rings.